The predicted octanol–water partition coefficient (Wildman–Crippen LogP) is 5.03. The molecule has 178 valence electrons. The van der Waals surface area contributed by atoms with Gasteiger partial charge in [-0.2, -0.15) is 0 Å². The van der Waals surface area contributed by atoms with E-state index < -0.39 is 10.0 Å². The Labute approximate surface area is 206 Å². The Kier molecular flexibility index (Phi) is 6.86. The summed E-state index contributed by atoms with van der Waals surface area (Å²) in [6, 6.07) is 17.7. The van der Waals surface area contributed by atoms with Crippen molar-refractivity contribution in [1.82, 2.24) is 4.90 Å². The van der Waals surface area contributed by atoms with Crippen LogP contribution in [-0.4, -0.2) is 45.4 Å². The van der Waals surface area contributed by atoms with E-state index >= 15 is 0 Å². The molecule has 1 aliphatic rings. The lowest BCUT2D eigenvalue weighted by Gasteiger charge is -2.37. The minimum Gasteiger partial charge on any atom is -0.368 e. The fourth-order valence-corrected chi connectivity index (χ4v) is 5.75. The van der Waals surface area contributed by atoms with Crippen LogP contribution in [0.15, 0.2) is 65.6 Å². The molecule has 1 fully saturated rings. The number of sulfonamides is 1. The maximum Gasteiger partial charge on any atom is 0.263 e. The average molecular weight is 498 g/mol. The lowest BCUT2D eigenvalue weighted by atomic mass is 10.1. The van der Waals surface area contributed by atoms with Crippen molar-refractivity contribution in [1.29, 1.82) is 0 Å². The quantitative estimate of drug-likeness (QED) is 0.537. The highest BCUT2D eigenvalue weighted by molar-refractivity contribution is 7.92. The molecule has 0 aromatic heterocycles. The van der Waals surface area contributed by atoms with Crippen molar-refractivity contribution in [3.05, 3.63) is 87.9 Å². The van der Waals surface area contributed by atoms with E-state index in [1.807, 2.05) is 13.0 Å². The molecular weight excluding hydrogens is 470 g/mol. The van der Waals surface area contributed by atoms with Gasteiger partial charge in [-0.25, -0.2) is 8.42 Å². The van der Waals surface area contributed by atoms with Crippen molar-refractivity contribution in [2.45, 2.75) is 25.7 Å². The number of aryl methyl sites for hydroxylation is 2. The van der Waals surface area contributed by atoms with Crippen LogP contribution in [0.4, 0.5) is 11.4 Å². The van der Waals surface area contributed by atoms with Crippen LogP contribution in [0.3, 0.4) is 0 Å². The first kappa shape index (κ1) is 24.1. The van der Waals surface area contributed by atoms with E-state index in [9.17, 15) is 13.2 Å². The van der Waals surface area contributed by atoms with Crippen LogP contribution in [0.5, 0.6) is 0 Å². The number of anilines is 2. The zero-order valence-corrected chi connectivity index (χ0v) is 21.1. The summed E-state index contributed by atoms with van der Waals surface area (Å²) >= 11 is 6.23. The number of nitrogens with zero attached hydrogens (tertiary/aromatic N) is 2. The number of carbonyl (C=O) groups is 1. The summed E-state index contributed by atoms with van der Waals surface area (Å²) < 4.78 is 28.6. The van der Waals surface area contributed by atoms with Gasteiger partial charge in [0.25, 0.3) is 15.9 Å². The zero-order valence-electron chi connectivity index (χ0n) is 19.5. The van der Waals surface area contributed by atoms with Crippen LogP contribution in [-0.2, 0) is 10.0 Å². The summed E-state index contributed by atoms with van der Waals surface area (Å²) in [5.41, 5.74) is 5.34. The number of halogens is 1. The highest BCUT2D eigenvalue weighted by atomic mass is 35.5. The topological polar surface area (TPSA) is 69.7 Å². The van der Waals surface area contributed by atoms with Gasteiger partial charge >= 0.3 is 0 Å². The second-order valence-corrected chi connectivity index (χ2v) is 10.7. The number of nitrogens with one attached hydrogen (secondary N) is 1. The average Bonchev–Trinajstić information content (AvgIpc) is 2.80. The standard InChI is InChI=1S/C26H28ClN3O3S/c1-18-6-4-8-22(16-18)28-34(32,33)25-17-21(10-11-23(25)27)26(31)30-14-12-29(13-15-30)24-9-5-7-19(2)20(24)3/h4-11,16-17,28H,12-15H2,1-3H3. The molecule has 0 saturated carbocycles. The van der Waals surface area contributed by atoms with E-state index in [2.05, 4.69) is 41.7 Å². The van der Waals surface area contributed by atoms with Gasteiger partial charge in [0.1, 0.15) is 4.90 Å². The third-order valence-electron chi connectivity index (χ3n) is 6.22. The second-order valence-electron chi connectivity index (χ2n) is 8.62. The fraction of sp³-hybridized carbons (Fsp3) is 0.269. The third kappa shape index (κ3) is 5.05. The Bertz CT molecular complexity index is 1330. The Morgan fingerprint density at radius 1 is 0.912 bits per heavy atom. The van der Waals surface area contributed by atoms with Gasteiger partial charge in [-0.05, 0) is 73.9 Å². The molecule has 0 aliphatic carbocycles. The predicted molar refractivity (Wildman–Crippen MR) is 137 cm³/mol. The largest absolute Gasteiger partial charge is 0.368 e. The van der Waals surface area contributed by atoms with Crippen LogP contribution in [0.1, 0.15) is 27.0 Å². The Morgan fingerprint density at radius 2 is 1.62 bits per heavy atom. The smallest absolute Gasteiger partial charge is 0.263 e. The molecule has 0 radical (unpaired) electrons. The maximum atomic E-state index is 13.2. The molecule has 1 saturated heterocycles. The summed E-state index contributed by atoms with van der Waals surface area (Å²) in [6.45, 7) is 8.62. The molecule has 3 aromatic carbocycles. The summed E-state index contributed by atoms with van der Waals surface area (Å²) in [5.74, 6) is -0.204. The maximum absolute atomic E-state index is 13.2. The van der Waals surface area contributed by atoms with Crippen LogP contribution >= 0.6 is 11.6 Å². The molecule has 6 nitrogen and oxygen atoms in total. The molecule has 1 N–H and O–H groups in total. The van der Waals surface area contributed by atoms with Crippen molar-refractivity contribution in [3.63, 3.8) is 0 Å². The molecule has 34 heavy (non-hydrogen) atoms. The van der Waals surface area contributed by atoms with E-state index in [0.29, 0.717) is 37.4 Å². The molecule has 4 rings (SSSR count). The van der Waals surface area contributed by atoms with Gasteiger partial charge in [0, 0.05) is 43.1 Å². The van der Waals surface area contributed by atoms with Crippen molar-refractivity contribution in [3.8, 4) is 0 Å². The molecule has 1 aliphatic heterocycles. The van der Waals surface area contributed by atoms with Gasteiger partial charge in [0.15, 0.2) is 0 Å². The van der Waals surface area contributed by atoms with E-state index in [1.165, 1.54) is 28.9 Å². The number of hydrogen-bond acceptors (Lipinski definition) is 4. The Morgan fingerprint density at radius 3 is 2.32 bits per heavy atom. The lowest BCUT2D eigenvalue weighted by molar-refractivity contribution is 0.0746. The van der Waals surface area contributed by atoms with Gasteiger partial charge in [-0.15, -0.1) is 0 Å². The number of amides is 1. The first-order chi connectivity index (χ1) is 16.2. The van der Waals surface area contributed by atoms with Crippen LogP contribution in [0, 0.1) is 20.8 Å². The summed E-state index contributed by atoms with van der Waals surface area (Å²) in [5, 5.41) is 0.0662. The lowest BCUT2D eigenvalue weighted by Crippen LogP contribution is -2.49. The fourth-order valence-electron chi connectivity index (χ4n) is 4.17. The summed E-state index contributed by atoms with van der Waals surface area (Å²) in [4.78, 5) is 17.1. The van der Waals surface area contributed by atoms with Gasteiger partial charge < -0.3 is 9.80 Å². The summed E-state index contributed by atoms with van der Waals surface area (Å²) in [7, 11) is -3.96. The minimum absolute atomic E-state index is 0.0662. The SMILES string of the molecule is Cc1cccc(NS(=O)(=O)c2cc(C(=O)N3CCN(c4cccc(C)c4C)CC3)ccc2Cl)c1. The van der Waals surface area contributed by atoms with E-state index in [4.69, 9.17) is 11.6 Å². The number of hydrogen-bond donors (Lipinski definition) is 1. The molecular formula is C26H28ClN3O3S. The molecule has 0 atom stereocenters. The van der Waals surface area contributed by atoms with Gasteiger partial charge in [-0.1, -0.05) is 35.9 Å². The minimum atomic E-state index is -3.96. The molecule has 0 unspecified atom stereocenters. The van der Waals surface area contributed by atoms with E-state index in [1.54, 1.807) is 29.2 Å². The second kappa shape index (κ2) is 9.68. The zero-order chi connectivity index (χ0) is 24.5. The molecule has 1 amide bonds. The number of piperazine rings is 1. The van der Waals surface area contributed by atoms with Crippen LogP contribution < -0.4 is 9.62 Å². The van der Waals surface area contributed by atoms with Gasteiger partial charge in [-0.3, -0.25) is 9.52 Å². The number of carbonyl (C=O) groups excluding carboxylic acids is 1. The highest BCUT2D eigenvalue weighted by Gasteiger charge is 2.26. The summed E-state index contributed by atoms with van der Waals surface area (Å²) in [6.07, 6.45) is 0. The highest BCUT2D eigenvalue weighted by Crippen LogP contribution is 2.27. The monoisotopic (exact) mass is 497 g/mol. The van der Waals surface area contributed by atoms with E-state index in [0.717, 1.165) is 5.56 Å². The molecule has 3 aromatic rings. The van der Waals surface area contributed by atoms with Crippen molar-refractivity contribution in [2.24, 2.45) is 0 Å². The number of benzene rings is 3. The Hall–Kier alpha value is -3.03. The number of rotatable bonds is 5. The molecule has 1 heterocycles. The molecule has 8 heteroatoms. The molecule has 0 bridgehead atoms. The van der Waals surface area contributed by atoms with E-state index in [-0.39, 0.29) is 15.8 Å². The van der Waals surface area contributed by atoms with Gasteiger partial charge in [0.2, 0.25) is 0 Å². The first-order valence-electron chi connectivity index (χ1n) is 11.2. The van der Waals surface area contributed by atoms with Crippen LogP contribution in [0.25, 0.3) is 0 Å². The van der Waals surface area contributed by atoms with Crippen LogP contribution in [0.2, 0.25) is 5.02 Å². The van der Waals surface area contributed by atoms with Crippen molar-refractivity contribution < 1.29 is 13.2 Å². The van der Waals surface area contributed by atoms with Gasteiger partial charge in [0.05, 0.1) is 5.02 Å². The normalized spacial score (nSPS) is 14.2. The van der Waals surface area contributed by atoms with Crippen molar-refractivity contribution in [2.75, 3.05) is 35.8 Å². The molecule has 0 spiro atoms. The van der Waals surface area contributed by atoms with Crippen molar-refractivity contribution >= 4 is 38.9 Å². The Balaban J connectivity index is 1.50. The third-order valence-corrected chi connectivity index (χ3v) is 8.08. The first-order valence-corrected chi connectivity index (χ1v) is 13.0.